The lowest BCUT2D eigenvalue weighted by Gasteiger charge is -2.52. The predicted molar refractivity (Wildman–Crippen MR) is 110 cm³/mol. The molecule has 27 heavy (non-hydrogen) atoms. The monoisotopic (exact) mass is 383 g/mol. The number of hydrogen-bond donors (Lipinski definition) is 0. The first-order valence-corrected chi connectivity index (χ1v) is 10.7. The minimum Gasteiger partial charge on any atom is -0.396 e. The van der Waals surface area contributed by atoms with Gasteiger partial charge < -0.3 is 4.74 Å². The number of thiophene rings is 1. The van der Waals surface area contributed by atoms with Crippen molar-refractivity contribution in [1.29, 1.82) is 0 Å². The molecule has 1 unspecified atom stereocenters. The van der Waals surface area contributed by atoms with Gasteiger partial charge in [0.05, 0.1) is 31.9 Å². The van der Waals surface area contributed by atoms with Crippen LogP contribution in [0.3, 0.4) is 0 Å². The van der Waals surface area contributed by atoms with Crippen LogP contribution in [0.5, 0.6) is 0 Å². The van der Waals surface area contributed by atoms with Gasteiger partial charge in [-0.25, -0.2) is 4.79 Å². The van der Waals surface area contributed by atoms with E-state index in [0.717, 1.165) is 41.8 Å². The molecule has 3 fully saturated rings. The van der Waals surface area contributed by atoms with E-state index in [2.05, 4.69) is 6.58 Å². The van der Waals surface area contributed by atoms with E-state index < -0.39 is 0 Å². The van der Waals surface area contributed by atoms with E-state index in [9.17, 15) is 4.79 Å². The SMILES string of the molecule is C=CC[N+]12CCC(CC1)CC2OC(=O)N(Cc1ccccc1)c1ccsc1. The number of rotatable bonds is 6. The summed E-state index contributed by atoms with van der Waals surface area (Å²) in [5.74, 6) is 0.691. The van der Waals surface area contributed by atoms with Crippen molar-refractivity contribution in [3.63, 3.8) is 0 Å². The highest BCUT2D eigenvalue weighted by Gasteiger charge is 2.49. The van der Waals surface area contributed by atoms with Crippen LogP contribution in [0.15, 0.2) is 59.8 Å². The molecule has 142 valence electrons. The molecule has 3 saturated heterocycles. The van der Waals surface area contributed by atoms with Crippen molar-refractivity contribution in [2.24, 2.45) is 5.92 Å². The van der Waals surface area contributed by atoms with E-state index in [-0.39, 0.29) is 12.3 Å². The average Bonchev–Trinajstić information content (AvgIpc) is 3.23. The summed E-state index contributed by atoms with van der Waals surface area (Å²) in [6, 6.07) is 12.1. The molecule has 0 aliphatic carbocycles. The lowest BCUT2D eigenvalue weighted by Crippen LogP contribution is -2.65. The third-order valence-electron chi connectivity index (χ3n) is 6.06. The highest BCUT2D eigenvalue weighted by Crippen LogP contribution is 2.39. The first kappa shape index (κ1) is 18.3. The molecule has 0 N–H and O–H groups in total. The third-order valence-corrected chi connectivity index (χ3v) is 6.73. The molecule has 0 radical (unpaired) electrons. The molecule has 3 aliphatic rings. The Kier molecular flexibility index (Phi) is 5.32. The summed E-state index contributed by atoms with van der Waals surface area (Å²) in [6.07, 6.45) is 5.13. The van der Waals surface area contributed by atoms with Crippen molar-refractivity contribution in [1.82, 2.24) is 0 Å². The van der Waals surface area contributed by atoms with Crippen LogP contribution in [0.1, 0.15) is 24.8 Å². The Balaban J connectivity index is 1.54. The van der Waals surface area contributed by atoms with Gasteiger partial charge in [-0.2, -0.15) is 11.3 Å². The molecule has 2 aromatic rings. The number of piperidine rings is 3. The predicted octanol–water partition coefficient (Wildman–Crippen LogP) is 5.03. The lowest BCUT2D eigenvalue weighted by molar-refractivity contribution is -0.979. The maximum Gasteiger partial charge on any atom is 0.419 e. The van der Waals surface area contributed by atoms with Crippen LogP contribution < -0.4 is 4.90 Å². The van der Waals surface area contributed by atoms with Gasteiger partial charge in [0, 0.05) is 24.6 Å². The van der Waals surface area contributed by atoms with Gasteiger partial charge in [0.2, 0.25) is 6.23 Å². The van der Waals surface area contributed by atoms with Crippen LogP contribution >= 0.6 is 11.3 Å². The number of ether oxygens (including phenoxy) is 1. The molecule has 1 atom stereocenters. The van der Waals surface area contributed by atoms with E-state index in [1.807, 2.05) is 53.2 Å². The van der Waals surface area contributed by atoms with Gasteiger partial charge in [-0.1, -0.05) is 36.9 Å². The zero-order valence-corrected chi connectivity index (χ0v) is 16.4. The fraction of sp³-hybridized carbons (Fsp3) is 0.409. The maximum absolute atomic E-state index is 13.2. The van der Waals surface area contributed by atoms with Crippen LogP contribution in [0.4, 0.5) is 10.5 Å². The summed E-state index contributed by atoms with van der Waals surface area (Å²) in [5, 5.41) is 4.00. The molecule has 1 amide bonds. The molecular formula is C22H27N2O2S+. The van der Waals surface area contributed by atoms with E-state index >= 15 is 0 Å². The molecule has 0 spiro atoms. The molecule has 5 rings (SSSR count). The standard InChI is InChI=1S/C22H27N2O2S/c1-2-11-24-12-8-18(9-13-24)15-21(24)26-22(25)23(20-10-14-27-17-20)16-19-6-4-3-5-7-19/h2-7,10,14,17-18,21H,1,8-9,11-13,15-16H2/q+1. The van der Waals surface area contributed by atoms with Crippen LogP contribution in [0, 0.1) is 5.92 Å². The van der Waals surface area contributed by atoms with Crippen molar-refractivity contribution < 1.29 is 14.0 Å². The fourth-order valence-corrected chi connectivity index (χ4v) is 5.15. The van der Waals surface area contributed by atoms with Gasteiger partial charge in [0.1, 0.15) is 0 Å². The Morgan fingerprint density at radius 3 is 2.70 bits per heavy atom. The van der Waals surface area contributed by atoms with Crippen molar-refractivity contribution in [3.8, 4) is 0 Å². The molecule has 4 heterocycles. The summed E-state index contributed by atoms with van der Waals surface area (Å²) in [4.78, 5) is 15.0. The molecule has 1 aromatic carbocycles. The summed E-state index contributed by atoms with van der Waals surface area (Å²) in [7, 11) is 0. The number of quaternary nitrogens is 1. The number of amides is 1. The molecule has 0 saturated carbocycles. The van der Waals surface area contributed by atoms with Crippen molar-refractivity contribution in [2.75, 3.05) is 24.5 Å². The fourth-order valence-electron chi connectivity index (χ4n) is 4.50. The van der Waals surface area contributed by atoms with Gasteiger partial charge in [-0.15, -0.1) is 0 Å². The number of carbonyl (C=O) groups excluding carboxylic acids is 1. The van der Waals surface area contributed by atoms with Gasteiger partial charge in [-0.3, -0.25) is 9.38 Å². The summed E-state index contributed by atoms with van der Waals surface area (Å²) in [6.45, 7) is 7.52. The normalized spacial score (nSPS) is 26.5. The molecule has 4 nitrogen and oxygen atoms in total. The zero-order valence-electron chi connectivity index (χ0n) is 15.6. The van der Waals surface area contributed by atoms with E-state index in [0.29, 0.717) is 12.5 Å². The van der Waals surface area contributed by atoms with E-state index in [1.165, 1.54) is 12.8 Å². The van der Waals surface area contributed by atoms with Gasteiger partial charge in [0.15, 0.2) is 0 Å². The number of anilines is 1. The zero-order chi connectivity index (χ0) is 18.7. The summed E-state index contributed by atoms with van der Waals surface area (Å²) >= 11 is 1.59. The third kappa shape index (κ3) is 3.80. The smallest absolute Gasteiger partial charge is 0.396 e. The first-order valence-electron chi connectivity index (χ1n) is 9.71. The minimum atomic E-state index is -0.239. The lowest BCUT2D eigenvalue weighted by atomic mass is 9.84. The highest BCUT2D eigenvalue weighted by atomic mass is 32.1. The Hall–Kier alpha value is -2.11. The number of hydrogen-bond acceptors (Lipinski definition) is 3. The van der Waals surface area contributed by atoms with Gasteiger partial charge in [0.25, 0.3) is 0 Å². The van der Waals surface area contributed by atoms with Crippen LogP contribution in [-0.2, 0) is 11.3 Å². The molecule has 1 aromatic heterocycles. The van der Waals surface area contributed by atoms with Gasteiger partial charge >= 0.3 is 6.09 Å². The molecular weight excluding hydrogens is 356 g/mol. The minimum absolute atomic E-state index is 0.0556. The largest absolute Gasteiger partial charge is 0.419 e. The number of carbonyl (C=O) groups is 1. The quantitative estimate of drug-likeness (QED) is 0.517. The molecule has 3 aliphatic heterocycles. The average molecular weight is 384 g/mol. The number of nitrogens with zero attached hydrogens (tertiary/aromatic N) is 2. The first-order chi connectivity index (χ1) is 13.2. The van der Waals surface area contributed by atoms with Crippen LogP contribution in [-0.4, -0.2) is 36.4 Å². The number of benzene rings is 1. The van der Waals surface area contributed by atoms with Crippen LogP contribution in [0.25, 0.3) is 0 Å². The van der Waals surface area contributed by atoms with Crippen molar-refractivity contribution in [3.05, 3.63) is 65.4 Å². The second-order valence-electron chi connectivity index (χ2n) is 7.71. The maximum atomic E-state index is 13.2. The van der Waals surface area contributed by atoms with Crippen molar-refractivity contribution in [2.45, 2.75) is 32.0 Å². The second-order valence-corrected chi connectivity index (χ2v) is 8.49. The Morgan fingerprint density at radius 2 is 2.04 bits per heavy atom. The van der Waals surface area contributed by atoms with Crippen LogP contribution in [0.2, 0.25) is 0 Å². The van der Waals surface area contributed by atoms with E-state index in [1.54, 1.807) is 16.2 Å². The highest BCUT2D eigenvalue weighted by molar-refractivity contribution is 7.08. The number of fused-ring (bicyclic) bond motifs is 3. The Bertz CT molecular complexity index is 767. The van der Waals surface area contributed by atoms with E-state index in [4.69, 9.17) is 4.74 Å². The summed E-state index contributed by atoms with van der Waals surface area (Å²) < 4.78 is 7.01. The topological polar surface area (TPSA) is 29.5 Å². The second kappa shape index (κ2) is 7.87. The Morgan fingerprint density at radius 1 is 1.26 bits per heavy atom. The summed E-state index contributed by atoms with van der Waals surface area (Å²) in [5.41, 5.74) is 2.00. The molecule has 5 heteroatoms. The Labute approximate surface area is 165 Å². The van der Waals surface area contributed by atoms with Gasteiger partial charge in [-0.05, 0) is 29.0 Å². The molecule has 2 bridgehead atoms. The van der Waals surface area contributed by atoms with Crippen molar-refractivity contribution >= 4 is 23.1 Å².